The van der Waals surface area contributed by atoms with Crippen LogP contribution in [-0.4, -0.2) is 31.1 Å². The molecule has 20 heavy (non-hydrogen) atoms. The monoisotopic (exact) mass is 312 g/mol. The maximum atomic E-state index is 6.50. The summed E-state index contributed by atoms with van der Waals surface area (Å²) in [6, 6.07) is 7.23. The number of likely N-dealkylation sites (tertiary alicyclic amines) is 1. The second-order valence-corrected chi connectivity index (χ2v) is 6.80. The summed E-state index contributed by atoms with van der Waals surface area (Å²) < 4.78 is 0. The molecular weight excluding hydrogens is 291 g/mol. The Kier molecular flexibility index (Phi) is 4.56. The second kappa shape index (κ2) is 6.23. The van der Waals surface area contributed by atoms with Crippen molar-refractivity contribution in [2.24, 2.45) is 5.92 Å². The van der Waals surface area contributed by atoms with Crippen molar-refractivity contribution >= 4 is 23.2 Å². The van der Waals surface area contributed by atoms with Gasteiger partial charge in [-0.3, -0.25) is 4.90 Å². The topological polar surface area (TPSA) is 15.3 Å². The maximum Gasteiger partial charge on any atom is 0.0640 e. The molecule has 0 bridgehead atoms. The maximum absolute atomic E-state index is 6.50. The minimum Gasteiger partial charge on any atom is -0.319 e. The van der Waals surface area contributed by atoms with Gasteiger partial charge in [-0.2, -0.15) is 0 Å². The van der Waals surface area contributed by atoms with E-state index < -0.39 is 0 Å². The van der Waals surface area contributed by atoms with Crippen molar-refractivity contribution in [3.63, 3.8) is 0 Å². The highest BCUT2D eigenvalue weighted by Crippen LogP contribution is 2.45. The van der Waals surface area contributed by atoms with Gasteiger partial charge in [0.15, 0.2) is 0 Å². The first-order valence-corrected chi connectivity index (χ1v) is 8.32. The van der Waals surface area contributed by atoms with Gasteiger partial charge in [-0.1, -0.05) is 35.3 Å². The summed E-state index contributed by atoms with van der Waals surface area (Å²) in [7, 11) is 2.03. The van der Waals surface area contributed by atoms with Crippen LogP contribution in [-0.2, 0) is 0 Å². The van der Waals surface area contributed by atoms with Crippen LogP contribution in [0.15, 0.2) is 18.2 Å². The fraction of sp³-hybridized carbons (Fsp3) is 0.625. The first-order chi connectivity index (χ1) is 9.72. The number of halogens is 2. The summed E-state index contributed by atoms with van der Waals surface area (Å²) in [5.41, 5.74) is 1.21. The van der Waals surface area contributed by atoms with Crippen LogP contribution in [0.4, 0.5) is 0 Å². The van der Waals surface area contributed by atoms with Gasteiger partial charge in [-0.05, 0) is 63.4 Å². The summed E-state index contributed by atoms with van der Waals surface area (Å²) in [5.74, 6) is 0.616. The fourth-order valence-corrected chi connectivity index (χ4v) is 4.00. The summed E-state index contributed by atoms with van der Waals surface area (Å²) in [6.45, 7) is 2.23. The second-order valence-electron chi connectivity index (χ2n) is 6.02. The highest BCUT2D eigenvalue weighted by molar-refractivity contribution is 6.42. The summed E-state index contributed by atoms with van der Waals surface area (Å²) in [4.78, 5) is 2.67. The molecule has 1 aliphatic carbocycles. The van der Waals surface area contributed by atoms with Crippen molar-refractivity contribution in [2.45, 2.75) is 37.8 Å². The third-order valence-corrected chi connectivity index (χ3v) is 5.41. The van der Waals surface area contributed by atoms with E-state index in [4.69, 9.17) is 23.2 Å². The molecule has 0 amide bonds. The van der Waals surface area contributed by atoms with Crippen LogP contribution in [0.5, 0.6) is 0 Å². The van der Waals surface area contributed by atoms with E-state index in [1.54, 1.807) is 0 Å². The Hall–Kier alpha value is -0.280. The van der Waals surface area contributed by atoms with Gasteiger partial charge in [-0.15, -0.1) is 0 Å². The Morgan fingerprint density at radius 3 is 2.75 bits per heavy atom. The Morgan fingerprint density at radius 2 is 2.05 bits per heavy atom. The van der Waals surface area contributed by atoms with Crippen molar-refractivity contribution in [3.8, 4) is 0 Å². The van der Waals surface area contributed by atoms with Gasteiger partial charge >= 0.3 is 0 Å². The number of benzene rings is 1. The van der Waals surface area contributed by atoms with E-state index in [9.17, 15) is 0 Å². The predicted octanol–water partition coefficient (Wildman–Crippen LogP) is 4.13. The van der Waals surface area contributed by atoms with Gasteiger partial charge in [0.25, 0.3) is 0 Å². The third kappa shape index (κ3) is 2.85. The summed E-state index contributed by atoms with van der Waals surface area (Å²) >= 11 is 12.7. The van der Waals surface area contributed by atoms with E-state index in [1.807, 2.05) is 19.2 Å². The first kappa shape index (κ1) is 14.6. The lowest BCUT2D eigenvalue weighted by molar-refractivity contribution is 0.0846. The van der Waals surface area contributed by atoms with Crippen LogP contribution in [0.1, 0.15) is 37.3 Å². The average molecular weight is 313 g/mol. The van der Waals surface area contributed by atoms with Gasteiger partial charge in [0.1, 0.15) is 0 Å². The molecule has 2 unspecified atom stereocenters. The minimum atomic E-state index is 0.412. The van der Waals surface area contributed by atoms with Crippen LogP contribution in [0, 0.1) is 5.92 Å². The number of nitrogens with zero attached hydrogens (tertiary/aromatic N) is 1. The molecule has 2 aliphatic rings. The molecule has 1 aromatic rings. The van der Waals surface area contributed by atoms with E-state index in [1.165, 1.54) is 37.8 Å². The number of nitrogens with one attached hydrogen (secondary N) is 1. The summed E-state index contributed by atoms with van der Waals surface area (Å²) in [6.07, 6.45) is 5.22. The molecule has 1 aromatic carbocycles. The number of hydrogen-bond donors (Lipinski definition) is 1. The predicted molar refractivity (Wildman–Crippen MR) is 85.6 cm³/mol. The van der Waals surface area contributed by atoms with Crippen molar-refractivity contribution in [1.82, 2.24) is 10.2 Å². The smallest absolute Gasteiger partial charge is 0.0640 e. The van der Waals surface area contributed by atoms with E-state index in [-0.39, 0.29) is 0 Å². The SMILES string of the molecule is CNCC1CCCN(C2CC2)C1c1cccc(Cl)c1Cl. The van der Waals surface area contributed by atoms with Gasteiger partial charge in [-0.25, -0.2) is 0 Å². The molecule has 1 heterocycles. The van der Waals surface area contributed by atoms with Crippen molar-refractivity contribution < 1.29 is 0 Å². The third-order valence-electron chi connectivity index (χ3n) is 4.58. The average Bonchev–Trinajstić information content (AvgIpc) is 3.27. The molecular formula is C16H22Cl2N2. The first-order valence-electron chi connectivity index (χ1n) is 7.56. The van der Waals surface area contributed by atoms with Gasteiger partial charge in [0.05, 0.1) is 10.0 Å². The van der Waals surface area contributed by atoms with Crippen LogP contribution in [0.3, 0.4) is 0 Å². The highest BCUT2D eigenvalue weighted by Gasteiger charge is 2.41. The van der Waals surface area contributed by atoms with Crippen LogP contribution in [0.25, 0.3) is 0 Å². The Labute approximate surface area is 131 Å². The largest absolute Gasteiger partial charge is 0.319 e. The molecule has 1 saturated carbocycles. The Morgan fingerprint density at radius 1 is 1.25 bits per heavy atom. The van der Waals surface area contributed by atoms with E-state index >= 15 is 0 Å². The molecule has 1 aliphatic heterocycles. The molecule has 110 valence electrons. The zero-order valence-corrected chi connectivity index (χ0v) is 13.4. The number of piperidine rings is 1. The molecule has 4 heteroatoms. The van der Waals surface area contributed by atoms with Gasteiger partial charge in [0.2, 0.25) is 0 Å². The molecule has 0 spiro atoms. The lowest BCUT2D eigenvalue weighted by Crippen LogP contribution is -2.43. The van der Waals surface area contributed by atoms with Crippen LogP contribution in [0.2, 0.25) is 10.0 Å². The van der Waals surface area contributed by atoms with E-state index in [0.29, 0.717) is 17.0 Å². The van der Waals surface area contributed by atoms with Crippen molar-refractivity contribution in [1.29, 1.82) is 0 Å². The standard InChI is InChI=1S/C16H22Cl2N2/c1-19-10-11-4-3-9-20(12-7-8-12)16(11)13-5-2-6-14(17)15(13)18/h2,5-6,11-12,16,19H,3-4,7-10H2,1H3. The highest BCUT2D eigenvalue weighted by atomic mass is 35.5. The molecule has 1 saturated heterocycles. The van der Waals surface area contributed by atoms with Crippen LogP contribution < -0.4 is 5.32 Å². The minimum absolute atomic E-state index is 0.412. The lowest BCUT2D eigenvalue weighted by Gasteiger charge is -2.42. The zero-order chi connectivity index (χ0) is 14.1. The normalized spacial score (nSPS) is 27.8. The van der Waals surface area contributed by atoms with E-state index in [2.05, 4.69) is 16.3 Å². The number of rotatable bonds is 4. The summed E-state index contributed by atoms with van der Waals surface area (Å²) in [5, 5.41) is 4.77. The quantitative estimate of drug-likeness (QED) is 0.899. The molecule has 2 nitrogen and oxygen atoms in total. The Bertz CT molecular complexity index is 472. The molecule has 2 atom stereocenters. The van der Waals surface area contributed by atoms with Crippen LogP contribution >= 0.6 is 23.2 Å². The molecule has 3 rings (SSSR count). The van der Waals surface area contributed by atoms with E-state index in [0.717, 1.165) is 17.6 Å². The van der Waals surface area contributed by atoms with Crippen molar-refractivity contribution in [2.75, 3.05) is 20.1 Å². The fourth-order valence-electron chi connectivity index (χ4n) is 3.58. The molecule has 0 radical (unpaired) electrons. The van der Waals surface area contributed by atoms with Gasteiger partial charge in [0, 0.05) is 12.1 Å². The van der Waals surface area contributed by atoms with Crippen molar-refractivity contribution in [3.05, 3.63) is 33.8 Å². The Balaban J connectivity index is 1.96. The molecule has 0 aromatic heterocycles. The lowest BCUT2D eigenvalue weighted by atomic mass is 9.84. The number of hydrogen-bond acceptors (Lipinski definition) is 2. The van der Waals surface area contributed by atoms with Gasteiger partial charge < -0.3 is 5.32 Å². The zero-order valence-electron chi connectivity index (χ0n) is 11.9. The molecule has 2 fully saturated rings. The molecule has 1 N–H and O–H groups in total.